The Balaban J connectivity index is 1.21. The van der Waals surface area contributed by atoms with Crippen LogP contribution in [-0.4, -0.2) is 47.4 Å². The SMILES string of the molecule is CN(CCCCN1CCCC1=O)Cc1ccc(Oc2nc3ccccc3s2)cc1. The van der Waals surface area contributed by atoms with Crippen LogP contribution in [0.2, 0.25) is 0 Å². The molecule has 1 saturated heterocycles. The van der Waals surface area contributed by atoms with Gasteiger partial charge in [0.2, 0.25) is 5.91 Å². The number of unbranched alkanes of at least 4 members (excludes halogenated alkanes) is 1. The van der Waals surface area contributed by atoms with Crippen LogP contribution in [0.1, 0.15) is 31.2 Å². The minimum atomic E-state index is 0.325. The van der Waals surface area contributed by atoms with Crippen LogP contribution in [0.4, 0.5) is 0 Å². The van der Waals surface area contributed by atoms with Crippen molar-refractivity contribution >= 4 is 27.5 Å². The standard InChI is InChI=1S/C23H27N3O2S/c1-25(14-4-5-15-26-16-6-9-22(26)27)17-18-10-12-19(13-11-18)28-23-24-20-7-2-3-8-21(20)29-23/h2-3,7-8,10-13H,4-6,9,14-17H2,1H3. The normalized spacial score (nSPS) is 14.3. The van der Waals surface area contributed by atoms with Gasteiger partial charge >= 0.3 is 0 Å². The number of carbonyl (C=O) groups is 1. The largest absolute Gasteiger partial charge is 0.431 e. The predicted molar refractivity (Wildman–Crippen MR) is 118 cm³/mol. The van der Waals surface area contributed by atoms with Gasteiger partial charge in [0.05, 0.1) is 10.2 Å². The third-order valence-electron chi connectivity index (χ3n) is 5.24. The zero-order valence-corrected chi connectivity index (χ0v) is 17.7. The number of ether oxygens (including phenoxy) is 1. The Morgan fingerprint density at radius 1 is 1.14 bits per heavy atom. The van der Waals surface area contributed by atoms with E-state index in [0.29, 0.717) is 11.1 Å². The average Bonchev–Trinajstić information content (AvgIpc) is 3.32. The molecule has 1 amide bonds. The number of nitrogens with zero attached hydrogens (tertiary/aromatic N) is 3. The topological polar surface area (TPSA) is 45.7 Å². The molecule has 152 valence electrons. The number of aromatic nitrogens is 1. The van der Waals surface area contributed by atoms with Gasteiger partial charge in [-0.25, -0.2) is 4.98 Å². The van der Waals surface area contributed by atoms with Crippen LogP contribution in [-0.2, 0) is 11.3 Å². The van der Waals surface area contributed by atoms with Crippen molar-refractivity contribution in [2.45, 2.75) is 32.2 Å². The van der Waals surface area contributed by atoms with Crippen molar-refractivity contribution in [2.24, 2.45) is 0 Å². The molecule has 4 rings (SSSR count). The lowest BCUT2D eigenvalue weighted by molar-refractivity contribution is -0.127. The summed E-state index contributed by atoms with van der Waals surface area (Å²) in [6.45, 7) is 3.79. The number of rotatable bonds is 9. The molecule has 1 aliphatic heterocycles. The summed E-state index contributed by atoms with van der Waals surface area (Å²) >= 11 is 1.56. The van der Waals surface area contributed by atoms with E-state index < -0.39 is 0 Å². The number of benzene rings is 2. The fourth-order valence-electron chi connectivity index (χ4n) is 3.67. The number of hydrogen-bond donors (Lipinski definition) is 0. The molecule has 1 aliphatic rings. The summed E-state index contributed by atoms with van der Waals surface area (Å²) in [6.07, 6.45) is 3.94. The second-order valence-electron chi connectivity index (χ2n) is 7.62. The van der Waals surface area contributed by atoms with E-state index in [-0.39, 0.29) is 0 Å². The Hall–Kier alpha value is -2.44. The van der Waals surface area contributed by atoms with Gasteiger partial charge in [0.25, 0.3) is 5.19 Å². The second kappa shape index (κ2) is 9.37. The van der Waals surface area contributed by atoms with Crippen LogP contribution >= 0.6 is 11.3 Å². The third kappa shape index (κ3) is 5.34. The molecule has 6 heteroatoms. The van der Waals surface area contributed by atoms with E-state index >= 15 is 0 Å². The first-order valence-corrected chi connectivity index (χ1v) is 11.1. The lowest BCUT2D eigenvalue weighted by Crippen LogP contribution is -2.26. The monoisotopic (exact) mass is 409 g/mol. The number of amides is 1. The highest BCUT2D eigenvalue weighted by atomic mass is 32.1. The number of para-hydroxylation sites is 1. The van der Waals surface area contributed by atoms with Crippen molar-refractivity contribution in [1.29, 1.82) is 0 Å². The molecule has 0 bridgehead atoms. The molecule has 2 aromatic carbocycles. The maximum atomic E-state index is 11.6. The maximum Gasteiger partial charge on any atom is 0.279 e. The summed E-state index contributed by atoms with van der Waals surface area (Å²) in [5.41, 5.74) is 2.23. The molecule has 29 heavy (non-hydrogen) atoms. The Bertz CT molecular complexity index is 921. The minimum Gasteiger partial charge on any atom is -0.431 e. The van der Waals surface area contributed by atoms with E-state index in [1.807, 2.05) is 35.2 Å². The number of carbonyl (C=O) groups excluding carboxylic acids is 1. The van der Waals surface area contributed by atoms with Gasteiger partial charge in [0.15, 0.2) is 0 Å². The lowest BCUT2D eigenvalue weighted by Gasteiger charge is -2.19. The average molecular weight is 410 g/mol. The molecule has 0 saturated carbocycles. The van der Waals surface area contributed by atoms with Crippen molar-refractivity contribution in [1.82, 2.24) is 14.8 Å². The van der Waals surface area contributed by atoms with E-state index in [1.54, 1.807) is 11.3 Å². The fraction of sp³-hybridized carbons (Fsp3) is 0.391. The Labute approximate surface area is 175 Å². The van der Waals surface area contributed by atoms with Gasteiger partial charge in [-0.15, -0.1) is 0 Å². The van der Waals surface area contributed by atoms with Gasteiger partial charge in [-0.2, -0.15) is 0 Å². The van der Waals surface area contributed by atoms with Gasteiger partial charge in [-0.3, -0.25) is 4.79 Å². The maximum absolute atomic E-state index is 11.6. The molecule has 0 unspecified atom stereocenters. The first kappa shape index (κ1) is 19.9. The Morgan fingerprint density at radius 3 is 2.72 bits per heavy atom. The van der Waals surface area contributed by atoms with E-state index in [1.165, 1.54) is 5.56 Å². The molecule has 0 atom stereocenters. The van der Waals surface area contributed by atoms with Crippen LogP contribution in [0.25, 0.3) is 10.2 Å². The van der Waals surface area contributed by atoms with Crippen LogP contribution in [0, 0.1) is 0 Å². The number of fused-ring (bicyclic) bond motifs is 1. The first-order chi connectivity index (χ1) is 14.2. The second-order valence-corrected chi connectivity index (χ2v) is 8.62. The van der Waals surface area contributed by atoms with Crippen LogP contribution in [0.5, 0.6) is 10.9 Å². The van der Waals surface area contributed by atoms with Gasteiger partial charge in [-0.05, 0) is 62.7 Å². The predicted octanol–water partition coefficient (Wildman–Crippen LogP) is 4.92. The summed E-state index contributed by atoms with van der Waals surface area (Å²) in [7, 11) is 2.15. The quantitative estimate of drug-likeness (QED) is 0.471. The highest BCUT2D eigenvalue weighted by molar-refractivity contribution is 7.20. The Kier molecular flexibility index (Phi) is 6.42. The molecule has 3 aromatic rings. The fourth-order valence-corrected chi connectivity index (χ4v) is 4.51. The van der Waals surface area contributed by atoms with Crippen LogP contribution in [0.15, 0.2) is 48.5 Å². The molecule has 0 spiro atoms. The zero-order chi connectivity index (χ0) is 20.1. The Morgan fingerprint density at radius 2 is 1.97 bits per heavy atom. The molecule has 1 aromatic heterocycles. The van der Waals surface area contributed by atoms with Gasteiger partial charge < -0.3 is 14.5 Å². The van der Waals surface area contributed by atoms with Crippen molar-refractivity contribution in [2.75, 3.05) is 26.7 Å². The van der Waals surface area contributed by atoms with Gasteiger partial charge in [0, 0.05) is 26.1 Å². The molecule has 0 radical (unpaired) electrons. The summed E-state index contributed by atoms with van der Waals surface area (Å²) in [5, 5.41) is 0.674. The number of likely N-dealkylation sites (tertiary alicyclic amines) is 1. The molecule has 5 nitrogen and oxygen atoms in total. The summed E-state index contributed by atoms with van der Waals surface area (Å²) < 4.78 is 7.06. The third-order valence-corrected chi connectivity index (χ3v) is 6.16. The van der Waals surface area contributed by atoms with Gasteiger partial charge in [0.1, 0.15) is 5.75 Å². The van der Waals surface area contributed by atoms with Gasteiger partial charge in [-0.1, -0.05) is 35.6 Å². The van der Waals surface area contributed by atoms with E-state index in [4.69, 9.17) is 4.74 Å². The van der Waals surface area contributed by atoms with E-state index in [0.717, 1.165) is 67.8 Å². The summed E-state index contributed by atoms with van der Waals surface area (Å²) in [4.78, 5) is 20.5. The van der Waals surface area contributed by atoms with Crippen LogP contribution in [0.3, 0.4) is 0 Å². The van der Waals surface area contributed by atoms with Crippen LogP contribution < -0.4 is 4.74 Å². The van der Waals surface area contributed by atoms with Crippen molar-refractivity contribution in [3.8, 4) is 10.9 Å². The minimum absolute atomic E-state index is 0.325. The van der Waals surface area contributed by atoms with Crippen molar-refractivity contribution in [3.05, 3.63) is 54.1 Å². The highest BCUT2D eigenvalue weighted by Crippen LogP contribution is 2.31. The van der Waals surface area contributed by atoms with Crippen molar-refractivity contribution < 1.29 is 9.53 Å². The highest BCUT2D eigenvalue weighted by Gasteiger charge is 2.18. The van der Waals surface area contributed by atoms with Crippen molar-refractivity contribution in [3.63, 3.8) is 0 Å². The first-order valence-electron chi connectivity index (χ1n) is 10.3. The molecule has 2 heterocycles. The summed E-state index contributed by atoms with van der Waals surface area (Å²) in [5.74, 6) is 1.14. The lowest BCUT2D eigenvalue weighted by atomic mass is 10.2. The zero-order valence-electron chi connectivity index (χ0n) is 16.8. The molecule has 0 aliphatic carbocycles. The molecular weight excluding hydrogens is 382 g/mol. The molecule has 1 fully saturated rings. The smallest absolute Gasteiger partial charge is 0.279 e. The van der Waals surface area contributed by atoms with E-state index in [2.05, 4.69) is 35.1 Å². The number of hydrogen-bond acceptors (Lipinski definition) is 5. The molecular formula is C23H27N3O2S. The molecule has 0 N–H and O–H groups in total. The summed E-state index contributed by atoms with van der Waals surface area (Å²) in [6, 6.07) is 16.3. The van der Waals surface area contributed by atoms with E-state index in [9.17, 15) is 4.79 Å². The number of thiazole rings is 1.